The van der Waals surface area contributed by atoms with Crippen molar-refractivity contribution in [2.45, 2.75) is 43.2 Å². The van der Waals surface area contributed by atoms with Crippen LogP contribution in [0.15, 0.2) is 54.6 Å². The van der Waals surface area contributed by atoms with Crippen LogP contribution in [0.1, 0.15) is 37.2 Å². The third-order valence-corrected chi connectivity index (χ3v) is 6.42. The summed E-state index contributed by atoms with van der Waals surface area (Å²) in [6.45, 7) is 0. The van der Waals surface area contributed by atoms with E-state index in [-0.39, 0.29) is 11.1 Å². The SMILES string of the molecule is Fc1cc(-c2ccc(C3CCC(S)CC3)cc2)ccc1-c1cc(F)c(OC(F)(F)F)c(F)c1. The molecule has 3 aromatic carbocycles. The summed E-state index contributed by atoms with van der Waals surface area (Å²) in [5.74, 6) is -5.00. The van der Waals surface area contributed by atoms with Gasteiger partial charge in [-0.2, -0.15) is 12.6 Å². The summed E-state index contributed by atoms with van der Waals surface area (Å²) in [6.07, 6.45) is -0.940. The molecule has 0 aromatic heterocycles. The van der Waals surface area contributed by atoms with Crippen molar-refractivity contribution < 1.29 is 31.1 Å². The minimum absolute atomic E-state index is 0.143. The van der Waals surface area contributed by atoms with Crippen LogP contribution in [-0.4, -0.2) is 11.6 Å². The topological polar surface area (TPSA) is 9.23 Å². The maximum atomic E-state index is 14.8. The number of benzene rings is 3. The summed E-state index contributed by atoms with van der Waals surface area (Å²) < 4.78 is 83.2. The van der Waals surface area contributed by atoms with E-state index in [4.69, 9.17) is 0 Å². The first-order chi connectivity index (χ1) is 15.6. The van der Waals surface area contributed by atoms with Crippen molar-refractivity contribution in [3.05, 3.63) is 77.6 Å². The van der Waals surface area contributed by atoms with Crippen molar-refractivity contribution in [2.24, 2.45) is 0 Å². The number of thiol groups is 1. The minimum atomic E-state index is -5.25. The highest BCUT2D eigenvalue weighted by molar-refractivity contribution is 7.80. The molecule has 8 heteroatoms. The van der Waals surface area contributed by atoms with Gasteiger partial charge in [-0.3, -0.25) is 0 Å². The first kappa shape index (κ1) is 23.5. The molecule has 0 N–H and O–H groups in total. The average molecular weight is 482 g/mol. The molecule has 174 valence electrons. The first-order valence-electron chi connectivity index (χ1n) is 10.4. The maximum Gasteiger partial charge on any atom is 0.573 e. The van der Waals surface area contributed by atoms with Gasteiger partial charge in [0.1, 0.15) is 5.82 Å². The van der Waals surface area contributed by atoms with E-state index in [9.17, 15) is 26.3 Å². The van der Waals surface area contributed by atoms with Gasteiger partial charge in [0, 0.05) is 10.8 Å². The molecule has 0 aliphatic heterocycles. The molecule has 0 unspecified atom stereocenters. The summed E-state index contributed by atoms with van der Waals surface area (Å²) in [5, 5.41) is 0.456. The van der Waals surface area contributed by atoms with Gasteiger partial charge in [-0.05, 0) is 72.1 Å². The number of ether oxygens (including phenoxy) is 1. The molecule has 1 aliphatic rings. The predicted molar refractivity (Wildman–Crippen MR) is 118 cm³/mol. The quantitative estimate of drug-likeness (QED) is 0.291. The molecular formula is C25H20F6OS. The Balaban J connectivity index is 1.56. The molecule has 0 saturated heterocycles. The minimum Gasteiger partial charge on any atom is -0.399 e. The van der Waals surface area contributed by atoms with Gasteiger partial charge in [0.15, 0.2) is 11.6 Å². The van der Waals surface area contributed by atoms with Crippen LogP contribution in [0.5, 0.6) is 5.75 Å². The van der Waals surface area contributed by atoms with Gasteiger partial charge >= 0.3 is 6.36 Å². The van der Waals surface area contributed by atoms with Crippen LogP contribution in [0.2, 0.25) is 0 Å². The standard InChI is InChI=1S/C25H20F6OS/c26-21-11-17(16-3-1-14(2-4-16)15-5-8-19(33)9-6-15)7-10-20(21)18-12-22(27)24(23(28)13-18)32-25(29,30)31/h1-4,7,10-13,15,19,33H,5-6,8-9H2. The highest BCUT2D eigenvalue weighted by atomic mass is 32.1. The van der Waals surface area contributed by atoms with Crippen LogP contribution in [0.25, 0.3) is 22.3 Å². The molecule has 1 aliphatic carbocycles. The van der Waals surface area contributed by atoms with Gasteiger partial charge < -0.3 is 4.74 Å². The molecule has 0 heterocycles. The van der Waals surface area contributed by atoms with E-state index >= 15 is 0 Å². The number of halogens is 6. The van der Waals surface area contributed by atoms with Crippen LogP contribution in [0.3, 0.4) is 0 Å². The predicted octanol–water partition coefficient (Wildman–Crippen LogP) is 8.29. The highest BCUT2D eigenvalue weighted by Crippen LogP contribution is 2.37. The van der Waals surface area contributed by atoms with Gasteiger partial charge in [-0.15, -0.1) is 13.2 Å². The molecule has 0 radical (unpaired) electrons. The van der Waals surface area contributed by atoms with Crippen molar-refractivity contribution in [3.8, 4) is 28.0 Å². The van der Waals surface area contributed by atoms with Gasteiger partial charge in [0.25, 0.3) is 0 Å². The molecule has 0 amide bonds. The van der Waals surface area contributed by atoms with E-state index in [0.717, 1.165) is 31.2 Å². The Morgan fingerprint density at radius 1 is 0.697 bits per heavy atom. The van der Waals surface area contributed by atoms with Crippen LogP contribution < -0.4 is 4.74 Å². The van der Waals surface area contributed by atoms with Gasteiger partial charge in [0.2, 0.25) is 5.75 Å². The van der Waals surface area contributed by atoms with Crippen LogP contribution in [0, 0.1) is 17.5 Å². The van der Waals surface area contributed by atoms with Crippen LogP contribution in [0.4, 0.5) is 26.3 Å². The molecule has 0 bridgehead atoms. The largest absolute Gasteiger partial charge is 0.573 e. The molecule has 4 rings (SSSR count). The molecule has 3 aromatic rings. The fourth-order valence-electron chi connectivity index (χ4n) is 4.21. The van der Waals surface area contributed by atoms with E-state index in [1.54, 1.807) is 6.07 Å². The van der Waals surface area contributed by atoms with E-state index in [1.165, 1.54) is 17.7 Å². The second kappa shape index (κ2) is 9.33. The Labute approximate surface area is 192 Å². The normalized spacial score (nSPS) is 18.9. The monoisotopic (exact) mass is 482 g/mol. The lowest BCUT2D eigenvalue weighted by molar-refractivity contribution is -0.276. The Morgan fingerprint density at radius 2 is 1.24 bits per heavy atom. The van der Waals surface area contributed by atoms with E-state index in [2.05, 4.69) is 17.4 Å². The zero-order valence-electron chi connectivity index (χ0n) is 17.3. The van der Waals surface area contributed by atoms with E-state index in [1.807, 2.05) is 24.3 Å². The van der Waals surface area contributed by atoms with Gasteiger partial charge in [0.05, 0.1) is 0 Å². The molecule has 1 nitrogen and oxygen atoms in total. The van der Waals surface area contributed by atoms with Crippen molar-refractivity contribution in [3.63, 3.8) is 0 Å². The van der Waals surface area contributed by atoms with Gasteiger partial charge in [-0.25, -0.2) is 13.2 Å². The van der Waals surface area contributed by atoms with Gasteiger partial charge in [-0.1, -0.05) is 36.4 Å². The fraction of sp³-hybridized carbons (Fsp3) is 0.280. The third-order valence-electron chi connectivity index (χ3n) is 5.91. The van der Waals surface area contributed by atoms with Crippen LogP contribution in [-0.2, 0) is 0 Å². The number of hydrogen-bond donors (Lipinski definition) is 1. The fourth-order valence-corrected chi connectivity index (χ4v) is 4.51. The molecular weight excluding hydrogens is 462 g/mol. The summed E-state index contributed by atoms with van der Waals surface area (Å²) in [6, 6.07) is 13.2. The smallest absolute Gasteiger partial charge is 0.399 e. The number of hydrogen-bond acceptors (Lipinski definition) is 2. The molecule has 0 spiro atoms. The summed E-state index contributed by atoms with van der Waals surface area (Å²) in [5.41, 5.74) is 2.19. The first-order valence-corrected chi connectivity index (χ1v) is 11.0. The summed E-state index contributed by atoms with van der Waals surface area (Å²) >= 11 is 4.53. The lowest BCUT2D eigenvalue weighted by atomic mass is 9.83. The lowest BCUT2D eigenvalue weighted by Gasteiger charge is -2.26. The Hall–Kier alpha value is -2.61. The number of alkyl halides is 3. The number of rotatable bonds is 4. The van der Waals surface area contributed by atoms with Crippen molar-refractivity contribution in [2.75, 3.05) is 0 Å². The third kappa shape index (κ3) is 5.49. The van der Waals surface area contributed by atoms with E-state index < -0.39 is 29.6 Å². The van der Waals surface area contributed by atoms with Crippen LogP contribution >= 0.6 is 12.6 Å². The molecule has 33 heavy (non-hydrogen) atoms. The Bertz CT molecular complexity index is 1110. The highest BCUT2D eigenvalue weighted by Gasteiger charge is 2.34. The zero-order chi connectivity index (χ0) is 23.8. The second-order valence-corrected chi connectivity index (χ2v) is 8.87. The summed E-state index contributed by atoms with van der Waals surface area (Å²) in [4.78, 5) is 0. The van der Waals surface area contributed by atoms with Crippen molar-refractivity contribution in [1.29, 1.82) is 0 Å². The van der Waals surface area contributed by atoms with Crippen molar-refractivity contribution >= 4 is 12.6 Å². The zero-order valence-corrected chi connectivity index (χ0v) is 18.2. The average Bonchev–Trinajstić information content (AvgIpc) is 2.76. The maximum absolute atomic E-state index is 14.8. The second-order valence-electron chi connectivity index (χ2n) is 8.14. The van der Waals surface area contributed by atoms with Crippen molar-refractivity contribution in [1.82, 2.24) is 0 Å². The molecule has 1 fully saturated rings. The Kier molecular flexibility index (Phi) is 6.66. The molecule has 0 atom stereocenters. The summed E-state index contributed by atoms with van der Waals surface area (Å²) in [7, 11) is 0. The van der Waals surface area contributed by atoms with E-state index in [0.29, 0.717) is 28.9 Å². The molecule has 1 saturated carbocycles. The lowest BCUT2D eigenvalue weighted by Crippen LogP contribution is -2.19. The Morgan fingerprint density at radius 3 is 1.79 bits per heavy atom.